The summed E-state index contributed by atoms with van der Waals surface area (Å²) >= 11 is 0. The number of hydrogen-bond acceptors (Lipinski definition) is 7. The van der Waals surface area contributed by atoms with E-state index in [0.29, 0.717) is 5.95 Å². The lowest BCUT2D eigenvalue weighted by molar-refractivity contribution is 0.0398. The van der Waals surface area contributed by atoms with E-state index in [4.69, 9.17) is 9.47 Å². The lowest BCUT2D eigenvalue weighted by Crippen LogP contribution is -2.39. The summed E-state index contributed by atoms with van der Waals surface area (Å²) in [4.78, 5) is 11.2. The van der Waals surface area contributed by atoms with Crippen molar-refractivity contribution in [1.29, 1.82) is 0 Å². The Hall–Kier alpha value is -2.38. The number of ether oxygens (including phenoxy) is 2. The van der Waals surface area contributed by atoms with Gasteiger partial charge in [0.1, 0.15) is 11.6 Å². The molecule has 0 bridgehead atoms. The van der Waals surface area contributed by atoms with E-state index < -0.39 is 0 Å². The number of benzene rings is 1. The molecule has 2 aromatic rings. The van der Waals surface area contributed by atoms with Crippen LogP contribution >= 0.6 is 0 Å². The van der Waals surface area contributed by atoms with Crippen LogP contribution < -0.4 is 15.4 Å². The van der Waals surface area contributed by atoms with Gasteiger partial charge in [0.2, 0.25) is 5.95 Å². The SMILES string of the molecule is CC(C)Oc1ccc(Nc2ccnc(NCCN3CCOCC3)n2)cc1. The summed E-state index contributed by atoms with van der Waals surface area (Å²) in [6.07, 6.45) is 1.92. The van der Waals surface area contributed by atoms with Gasteiger partial charge in [-0.05, 0) is 44.2 Å². The van der Waals surface area contributed by atoms with Gasteiger partial charge in [-0.1, -0.05) is 0 Å². The second kappa shape index (κ2) is 9.35. The van der Waals surface area contributed by atoms with Crippen LogP contribution in [0.4, 0.5) is 17.5 Å². The van der Waals surface area contributed by atoms with E-state index in [9.17, 15) is 0 Å². The summed E-state index contributed by atoms with van der Waals surface area (Å²) in [6.45, 7) is 9.41. The average molecular weight is 357 g/mol. The largest absolute Gasteiger partial charge is 0.491 e. The van der Waals surface area contributed by atoms with E-state index in [1.165, 1.54) is 0 Å². The second-order valence-corrected chi connectivity index (χ2v) is 6.46. The van der Waals surface area contributed by atoms with Gasteiger partial charge in [0.25, 0.3) is 0 Å². The van der Waals surface area contributed by atoms with Crippen molar-refractivity contribution in [1.82, 2.24) is 14.9 Å². The molecule has 1 fully saturated rings. The van der Waals surface area contributed by atoms with E-state index in [1.807, 2.05) is 44.2 Å². The van der Waals surface area contributed by atoms with Gasteiger partial charge in [0, 0.05) is 38.1 Å². The average Bonchev–Trinajstić information content (AvgIpc) is 2.64. The first-order valence-electron chi connectivity index (χ1n) is 9.10. The van der Waals surface area contributed by atoms with Crippen molar-refractivity contribution in [3.8, 4) is 5.75 Å². The smallest absolute Gasteiger partial charge is 0.224 e. The van der Waals surface area contributed by atoms with E-state index in [1.54, 1.807) is 6.20 Å². The van der Waals surface area contributed by atoms with Gasteiger partial charge >= 0.3 is 0 Å². The maximum atomic E-state index is 5.66. The van der Waals surface area contributed by atoms with E-state index >= 15 is 0 Å². The minimum Gasteiger partial charge on any atom is -0.491 e. The van der Waals surface area contributed by atoms with Crippen LogP contribution in [0.5, 0.6) is 5.75 Å². The molecule has 1 aromatic carbocycles. The Kier molecular flexibility index (Phi) is 6.62. The quantitative estimate of drug-likeness (QED) is 0.753. The van der Waals surface area contributed by atoms with Crippen molar-refractivity contribution in [2.24, 2.45) is 0 Å². The fourth-order valence-corrected chi connectivity index (χ4v) is 2.70. The van der Waals surface area contributed by atoms with Crippen LogP contribution in [-0.4, -0.2) is 60.4 Å². The molecular formula is C19H27N5O2. The normalized spacial score (nSPS) is 15.0. The summed E-state index contributed by atoms with van der Waals surface area (Å²) in [5.41, 5.74) is 0.957. The Balaban J connectivity index is 1.50. The zero-order chi connectivity index (χ0) is 18.2. The summed E-state index contributed by atoms with van der Waals surface area (Å²) in [6, 6.07) is 9.71. The molecule has 7 nitrogen and oxygen atoms in total. The molecule has 0 atom stereocenters. The summed E-state index contributed by atoms with van der Waals surface area (Å²) in [7, 11) is 0. The van der Waals surface area contributed by atoms with Gasteiger partial charge in [-0.2, -0.15) is 4.98 Å². The zero-order valence-corrected chi connectivity index (χ0v) is 15.4. The van der Waals surface area contributed by atoms with Gasteiger partial charge in [-0.15, -0.1) is 0 Å². The van der Waals surface area contributed by atoms with Crippen molar-refractivity contribution in [2.45, 2.75) is 20.0 Å². The van der Waals surface area contributed by atoms with Crippen LogP contribution in [0.3, 0.4) is 0 Å². The lowest BCUT2D eigenvalue weighted by atomic mass is 10.3. The molecule has 0 saturated carbocycles. The number of hydrogen-bond donors (Lipinski definition) is 2. The fraction of sp³-hybridized carbons (Fsp3) is 0.474. The van der Waals surface area contributed by atoms with Gasteiger partial charge < -0.3 is 20.1 Å². The monoisotopic (exact) mass is 357 g/mol. The molecule has 0 amide bonds. The van der Waals surface area contributed by atoms with E-state index in [2.05, 4.69) is 25.5 Å². The first-order valence-corrected chi connectivity index (χ1v) is 9.10. The molecule has 1 aliphatic heterocycles. The maximum absolute atomic E-state index is 5.66. The highest BCUT2D eigenvalue weighted by Gasteiger charge is 2.09. The molecule has 2 heterocycles. The summed E-state index contributed by atoms with van der Waals surface area (Å²) in [5, 5.41) is 6.58. The third kappa shape index (κ3) is 5.86. The highest BCUT2D eigenvalue weighted by Crippen LogP contribution is 2.20. The van der Waals surface area contributed by atoms with Crippen LogP contribution in [0.1, 0.15) is 13.8 Å². The Morgan fingerprint density at radius 1 is 1.15 bits per heavy atom. The molecule has 0 radical (unpaired) electrons. The molecule has 1 aromatic heterocycles. The standard InChI is InChI=1S/C19H27N5O2/c1-15(2)26-17-5-3-16(4-6-17)22-18-7-8-20-19(23-18)21-9-10-24-11-13-25-14-12-24/h3-8,15H,9-14H2,1-2H3,(H2,20,21,22,23). The van der Waals surface area contributed by atoms with Crippen molar-refractivity contribution >= 4 is 17.5 Å². The second-order valence-electron chi connectivity index (χ2n) is 6.46. The number of nitrogens with one attached hydrogen (secondary N) is 2. The molecule has 26 heavy (non-hydrogen) atoms. The van der Waals surface area contributed by atoms with Gasteiger partial charge in [-0.3, -0.25) is 4.90 Å². The summed E-state index contributed by atoms with van der Waals surface area (Å²) in [5.74, 6) is 2.24. The molecule has 0 spiro atoms. The lowest BCUT2D eigenvalue weighted by Gasteiger charge is -2.26. The molecule has 1 saturated heterocycles. The van der Waals surface area contributed by atoms with E-state index in [0.717, 1.165) is 56.6 Å². The highest BCUT2D eigenvalue weighted by molar-refractivity contribution is 5.57. The molecule has 140 valence electrons. The third-order valence-electron chi connectivity index (χ3n) is 3.97. The third-order valence-corrected chi connectivity index (χ3v) is 3.97. The maximum Gasteiger partial charge on any atom is 0.224 e. The number of anilines is 3. The summed E-state index contributed by atoms with van der Waals surface area (Å²) < 4.78 is 11.0. The first kappa shape index (κ1) is 18.4. The minimum atomic E-state index is 0.168. The van der Waals surface area contributed by atoms with E-state index in [-0.39, 0.29) is 6.10 Å². The molecular weight excluding hydrogens is 330 g/mol. The first-order chi connectivity index (χ1) is 12.7. The number of rotatable bonds is 8. The number of nitrogens with zero attached hydrogens (tertiary/aromatic N) is 3. The van der Waals surface area contributed by atoms with Gasteiger partial charge in [0.05, 0.1) is 19.3 Å². The Morgan fingerprint density at radius 3 is 2.65 bits per heavy atom. The van der Waals surface area contributed by atoms with Gasteiger partial charge in [-0.25, -0.2) is 4.98 Å². The molecule has 3 rings (SSSR count). The van der Waals surface area contributed by atoms with Crippen LogP contribution in [0, 0.1) is 0 Å². The predicted molar refractivity (Wildman–Crippen MR) is 103 cm³/mol. The number of morpholine rings is 1. The van der Waals surface area contributed by atoms with Crippen LogP contribution in [0.15, 0.2) is 36.5 Å². The fourth-order valence-electron chi connectivity index (χ4n) is 2.70. The molecule has 2 N–H and O–H groups in total. The Bertz CT molecular complexity index is 672. The van der Waals surface area contributed by atoms with Crippen LogP contribution in [0.25, 0.3) is 0 Å². The van der Waals surface area contributed by atoms with Crippen molar-refractivity contribution in [3.05, 3.63) is 36.5 Å². The molecule has 1 aliphatic rings. The molecule has 0 aliphatic carbocycles. The minimum absolute atomic E-state index is 0.168. The predicted octanol–water partition coefficient (Wildman–Crippen LogP) is 2.75. The van der Waals surface area contributed by atoms with Gasteiger partial charge in [0.15, 0.2) is 0 Å². The van der Waals surface area contributed by atoms with Crippen LogP contribution in [0.2, 0.25) is 0 Å². The number of aromatic nitrogens is 2. The van der Waals surface area contributed by atoms with Crippen molar-refractivity contribution < 1.29 is 9.47 Å². The Labute approximate surface area is 154 Å². The Morgan fingerprint density at radius 2 is 1.92 bits per heavy atom. The van der Waals surface area contributed by atoms with Crippen molar-refractivity contribution in [3.63, 3.8) is 0 Å². The van der Waals surface area contributed by atoms with Crippen LogP contribution in [-0.2, 0) is 4.74 Å². The topological polar surface area (TPSA) is 71.5 Å². The highest BCUT2D eigenvalue weighted by atomic mass is 16.5. The molecule has 7 heteroatoms. The van der Waals surface area contributed by atoms with Crippen molar-refractivity contribution in [2.75, 3.05) is 50.0 Å². The zero-order valence-electron chi connectivity index (χ0n) is 15.4. The molecule has 0 unspecified atom stereocenters.